The molecule has 3 atom stereocenters. The molecule has 4 heteroatoms. The fourth-order valence-corrected chi connectivity index (χ4v) is 3.72. The topological polar surface area (TPSA) is 15.3 Å². The van der Waals surface area contributed by atoms with Crippen LogP contribution < -0.4 is 5.32 Å². The van der Waals surface area contributed by atoms with Crippen LogP contribution >= 0.6 is 23.2 Å². The van der Waals surface area contributed by atoms with Crippen LogP contribution in [0.15, 0.2) is 18.2 Å². The molecule has 1 aromatic rings. The summed E-state index contributed by atoms with van der Waals surface area (Å²) in [6, 6.07) is 7.17. The largest absolute Gasteiger partial charge is 0.314 e. The lowest BCUT2D eigenvalue weighted by Gasteiger charge is -2.38. The van der Waals surface area contributed by atoms with Gasteiger partial charge in [0.05, 0.1) is 10.0 Å². The molecule has 0 saturated carbocycles. The Morgan fingerprint density at radius 1 is 1.26 bits per heavy atom. The molecule has 2 heterocycles. The summed E-state index contributed by atoms with van der Waals surface area (Å²) in [5.74, 6) is 0.818. The number of fused-ring (bicyclic) bond motifs is 1. The van der Waals surface area contributed by atoms with Gasteiger partial charge >= 0.3 is 0 Å². The van der Waals surface area contributed by atoms with E-state index in [1.54, 1.807) is 0 Å². The Labute approximate surface area is 125 Å². The van der Waals surface area contributed by atoms with E-state index in [2.05, 4.69) is 23.2 Å². The Balaban J connectivity index is 1.72. The van der Waals surface area contributed by atoms with E-state index in [4.69, 9.17) is 23.2 Å². The van der Waals surface area contributed by atoms with Gasteiger partial charge in [0.15, 0.2) is 0 Å². The smallest absolute Gasteiger partial charge is 0.0595 e. The van der Waals surface area contributed by atoms with Crippen molar-refractivity contribution in [2.24, 2.45) is 5.92 Å². The normalized spacial score (nSPS) is 29.2. The van der Waals surface area contributed by atoms with Gasteiger partial charge in [-0.15, -0.1) is 0 Å². The molecule has 2 aliphatic heterocycles. The van der Waals surface area contributed by atoms with Crippen LogP contribution in [0.3, 0.4) is 0 Å². The van der Waals surface area contributed by atoms with E-state index < -0.39 is 0 Å². The summed E-state index contributed by atoms with van der Waals surface area (Å²) in [4.78, 5) is 2.58. The zero-order chi connectivity index (χ0) is 13.4. The Kier molecular flexibility index (Phi) is 4.04. The highest BCUT2D eigenvalue weighted by molar-refractivity contribution is 6.42. The highest BCUT2D eigenvalue weighted by Crippen LogP contribution is 2.32. The van der Waals surface area contributed by atoms with E-state index in [1.807, 2.05) is 12.1 Å². The molecule has 2 nitrogen and oxygen atoms in total. The monoisotopic (exact) mass is 298 g/mol. The van der Waals surface area contributed by atoms with Crippen molar-refractivity contribution in [1.82, 2.24) is 10.2 Å². The number of hydrogen-bond acceptors (Lipinski definition) is 2. The zero-order valence-corrected chi connectivity index (χ0v) is 12.7. The van der Waals surface area contributed by atoms with Gasteiger partial charge in [-0.2, -0.15) is 0 Å². The molecule has 0 aromatic heterocycles. The average molecular weight is 299 g/mol. The Bertz CT molecular complexity index is 463. The standard InChI is InChI=1S/C15H20Cl2N2/c1-10(11-2-3-13(16)14(17)8-11)19-7-5-15-12(9-19)4-6-18-15/h2-3,8,10,12,15,18H,4-7,9H2,1H3. The number of piperidine rings is 1. The molecule has 3 unspecified atom stereocenters. The molecule has 3 rings (SSSR count). The van der Waals surface area contributed by atoms with Crippen LogP contribution in [0.1, 0.15) is 31.4 Å². The van der Waals surface area contributed by atoms with Gasteiger partial charge in [-0.05, 0) is 49.9 Å². The molecular formula is C15H20Cl2N2. The first-order valence-electron chi connectivity index (χ1n) is 7.07. The third kappa shape index (κ3) is 2.78. The number of rotatable bonds is 2. The molecule has 2 saturated heterocycles. The maximum atomic E-state index is 6.13. The maximum Gasteiger partial charge on any atom is 0.0595 e. The van der Waals surface area contributed by atoms with Gasteiger partial charge in [0.1, 0.15) is 0 Å². The third-order valence-electron chi connectivity index (χ3n) is 4.66. The van der Waals surface area contributed by atoms with Gasteiger partial charge in [0.25, 0.3) is 0 Å². The summed E-state index contributed by atoms with van der Waals surface area (Å²) < 4.78 is 0. The second kappa shape index (κ2) is 5.61. The first-order valence-corrected chi connectivity index (χ1v) is 7.83. The van der Waals surface area contributed by atoms with Crippen LogP contribution in [-0.4, -0.2) is 30.6 Å². The Morgan fingerprint density at radius 2 is 2.11 bits per heavy atom. The Hall–Kier alpha value is -0.280. The molecule has 1 N–H and O–H groups in total. The molecular weight excluding hydrogens is 279 g/mol. The number of hydrogen-bond donors (Lipinski definition) is 1. The number of benzene rings is 1. The maximum absolute atomic E-state index is 6.13. The van der Waals surface area contributed by atoms with E-state index in [1.165, 1.54) is 31.5 Å². The number of halogens is 2. The fraction of sp³-hybridized carbons (Fsp3) is 0.600. The van der Waals surface area contributed by atoms with Crippen molar-refractivity contribution < 1.29 is 0 Å². The minimum absolute atomic E-state index is 0.413. The van der Waals surface area contributed by atoms with Crippen molar-refractivity contribution >= 4 is 23.2 Å². The summed E-state index contributed by atoms with van der Waals surface area (Å²) in [7, 11) is 0. The highest BCUT2D eigenvalue weighted by atomic mass is 35.5. The molecule has 1 aromatic carbocycles. The SMILES string of the molecule is CC(c1ccc(Cl)c(Cl)c1)N1CCC2NCCC2C1. The van der Waals surface area contributed by atoms with Crippen molar-refractivity contribution in [3.05, 3.63) is 33.8 Å². The second-order valence-electron chi connectivity index (χ2n) is 5.74. The van der Waals surface area contributed by atoms with Crippen LogP contribution in [0, 0.1) is 5.92 Å². The fourth-order valence-electron chi connectivity index (χ4n) is 3.41. The molecule has 0 spiro atoms. The van der Waals surface area contributed by atoms with Crippen molar-refractivity contribution in [3.63, 3.8) is 0 Å². The zero-order valence-electron chi connectivity index (χ0n) is 11.2. The quantitative estimate of drug-likeness (QED) is 0.895. The van der Waals surface area contributed by atoms with Gasteiger partial charge in [-0.25, -0.2) is 0 Å². The lowest BCUT2D eigenvalue weighted by molar-refractivity contribution is 0.122. The summed E-state index contributed by atoms with van der Waals surface area (Å²) in [6.07, 6.45) is 2.57. The molecule has 0 bridgehead atoms. The third-order valence-corrected chi connectivity index (χ3v) is 5.40. The van der Waals surface area contributed by atoms with Crippen molar-refractivity contribution in [1.29, 1.82) is 0 Å². The van der Waals surface area contributed by atoms with E-state index in [9.17, 15) is 0 Å². The number of nitrogens with one attached hydrogen (secondary N) is 1. The first-order chi connectivity index (χ1) is 9.15. The van der Waals surface area contributed by atoms with E-state index in [-0.39, 0.29) is 0 Å². The molecule has 104 valence electrons. The lowest BCUT2D eigenvalue weighted by Crippen LogP contribution is -2.45. The minimum Gasteiger partial charge on any atom is -0.314 e. The van der Waals surface area contributed by atoms with Crippen molar-refractivity contribution in [2.75, 3.05) is 19.6 Å². The average Bonchev–Trinajstić information content (AvgIpc) is 2.88. The van der Waals surface area contributed by atoms with E-state index >= 15 is 0 Å². The van der Waals surface area contributed by atoms with Crippen LogP contribution in [-0.2, 0) is 0 Å². The summed E-state index contributed by atoms with van der Waals surface area (Å²) in [6.45, 7) is 5.81. The van der Waals surface area contributed by atoms with Crippen LogP contribution in [0.2, 0.25) is 10.0 Å². The molecule has 0 amide bonds. The predicted octanol–water partition coefficient (Wildman–Crippen LogP) is 3.74. The first kappa shape index (κ1) is 13.7. The number of nitrogens with zero attached hydrogens (tertiary/aromatic N) is 1. The molecule has 19 heavy (non-hydrogen) atoms. The van der Waals surface area contributed by atoms with Gasteiger partial charge in [0, 0.05) is 25.2 Å². The number of likely N-dealkylation sites (tertiary alicyclic amines) is 1. The van der Waals surface area contributed by atoms with Gasteiger partial charge in [-0.3, -0.25) is 4.90 Å². The van der Waals surface area contributed by atoms with Crippen molar-refractivity contribution in [2.45, 2.75) is 31.8 Å². The van der Waals surface area contributed by atoms with E-state index in [0.29, 0.717) is 16.1 Å². The molecule has 2 aliphatic rings. The van der Waals surface area contributed by atoms with Crippen molar-refractivity contribution in [3.8, 4) is 0 Å². The van der Waals surface area contributed by atoms with Crippen LogP contribution in [0.25, 0.3) is 0 Å². The lowest BCUT2D eigenvalue weighted by atomic mass is 9.91. The molecule has 2 fully saturated rings. The Morgan fingerprint density at radius 3 is 2.89 bits per heavy atom. The summed E-state index contributed by atoms with van der Waals surface area (Å²) in [5.41, 5.74) is 1.26. The second-order valence-corrected chi connectivity index (χ2v) is 6.56. The van der Waals surface area contributed by atoms with Crippen LogP contribution in [0.5, 0.6) is 0 Å². The summed E-state index contributed by atoms with van der Waals surface area (Å²) in [5, 5.41) is 4.90. The van der Waals surface area contributed by atoms with Gasteiger partial charge in [-0.1, -0.05) is 29.3 Å². The predicted molar refractivity (Wildman–Crippen MR) is 81.0 cm³/mol. The van der Waals surface area contributed by atoms with E-state index in [0.717, 1.165) is 18.5 Å². The molecule has 0 aliphatic carbocycles. The summed E-state index contributed by atoms with van der Waals surface area (Å²) >= 11 is 12.1. The van der Waals surface area contributed by atoms with Gasteiger partial charge < -0.3 is 5.32 Å². The highest BCUT2D eigenvalue weighted by Gasteiger charge is 2.34. The minimum atomic E-state index is 0.413. The van der Waals surface area contributed by atoms with Gasteiger partial charge in [0.2, 0.25) is 0 Å². The van der Waals surface area contributed by atoms with Crippen LogP contribution in [0.4, 0.5) is 0 Å². The molecule has 0 radical (unpaired) electrons.